The van der Waals surface area contributed by atoms with Crippen molar-refractivity contribution in [3.63, 3.8) is 0 Å². The molecule has 1 aliphatic rings. The first-order valence-electron chi connectivity index (χ1n) is 5.93. The predicted octanol–water partition coefficient (Wildman–Crippen LogP) is 3.46. The Bertz CT molecular complexity index is 477. The number of ether oxygens (including phenoxy) is 1. The lowest BCUT2D eigenvalue weighted by Gasteiger charge is -2.23. The molecule has 1 heterocycles. The maximum absolute atomic E-state index is 10.1. The summed E-state index contributed by atoms with van der Waals surface area (Å²) in [5.41, 5.74) is 0.912. The summed E-state index contributed by atoms with van der Waals surface area (Å²) in [4.78, 5) is 1.13. The van der Waals surface area contributed by atoms with Gasteiger partial charge in [0.05, 0.1) is 23.9 Å². The van der Waals surface area contributed by atoms with Crippen LogP contribution in [0, 0.1) is 5.41 Å². The smallest absolute Gasteiger partial charge is 0.120 e. The van der Waals surface area contributed by atoms with Crippen molar-refractivity contribution in [3.05, 3.63) is 29.3 Å². The lowest BCUT2D eigenvalue weighted by Crippen LogP contribution is -2.24. The molecule has 1 atom stereocenters. The second-order valence-electron chi connectivity index (χ2n) is 5.43. The molecule has 0 bridgehead atoms. The van der Waals surface area contributed by atoms with Gasteiger partial charge in [-0.3, -0.25) is 0 Å². The second-order valence-corrected chi connectivity index (χ2v) is 6.51. The summed E-state index contributed by atoms with van der Waals surface area (Å²) in [6.45, 7) is 6.06. The van der Waals surface area contributed by atoms with E-state index in [1.807, 2.05) is 45.0 Å². The Labute approximate surface area is 112 Å². The van der Waals surface area contributed by atoms with Crippen LogP contribution in [0.5, 0.6) is 5.75 Å². The first kappa shape index (κ1) is 13.3. The molecule has 18 heavy (non-hydrogen) atoms. The third kappa shape index (κ3) is 2.82. The van der Waals surface area contributed by atoms with E-state index in [-0.39, 0.29) is 5.41 Å². The van der Waals surface area contributed by atoms with Crippen molar-refractivity contribution in [1.29, 1.82) is 0 Å². The number of methoxy groups -OCH3 is 1. The predicted molar refractivity (Wildman–Crippen MR) is 76.0 cm³/mol. The fourth-order valence-corrected chi connectivity index (χ4v) is 2.56. The highest BCUT2D eigenvalue weighted by Gasteiger charge is 2.23. The number of thioether (sulfide) groups is 1. The molecule has 2 N–H and O–H groups in total. The molecule has 0 radical (unpaired) electrons. The number of anilines is 1. The SMILES string of the molecule is COc1ccc2c(c1)S/C(=C/C(O)C(C)(C)C)N2. The highest BCUT2D eigenvalue weighted by molar-refractivity contribution is 8.03. The minimum Gasteiger partial charge on any atom is -0.497 e. The van der Waals surface area contributed by atoms with Crippen LogP contribution in [-0.4, -0.2) is 18.3 Å². The van der Waals surface area contributed by atoms with Gasteiger partial charge in [-0.25, -0.2) is 0 Å². The van der Waals surface area contributed by atoms with Crippen LogP contribution < -0.4 is 10.1 Å². The highest BCUT2D eigenvalue weighted by atomic mass is 32.2. The molecule has 0 amide bonds. The topological polar surface area (TPSA) is 41.5 Å². The molecule has 3 nitrogen and oxygen atoms in total. The summed E-state index contributed by atoms with van der Waals surface area (Å²) in [5.74, 6) is 0.848. The maximum Gasteiger partial charge on any atom is 0.120 e. The van der Waals surface area contributed by atoms with E-state index in [2.05, 4.69) is 5.32 Å². The molecule has 2 rings (SSSR count). The van der Waals surface area contributed by atoms with Gasteiger partial charge in [0.25, 0.3) is 0 Å². The monoisotopic (exact) mass is 265 g/mol. The van der Waals surface area contributed by atoms with Gasteiger partial charge in [-0.1, -0.05) is 32.5 Å². The fraction of sp³-hybridized carbons (Fsp3) is 0.429. The summed E-state index contributed by atoms with van der Waals surface area (Å²) in [6, 6.07) is 5.91. The Balaban J connectivity index is 2.17. The van der Waals surface area contributed by atoms with Gasteiger partial charge in [-0.05, 0) is 29.7 Å². The van der Waals surface area contributed by atoms with E-state index in [0.717, 1.165) is 21.4 Å². The van der Waals surface area contributed by atoms with Crippen LogP contribution in [0.3, 0.4) is 0 Å². The molecule has 0 aromatic heterocycles. The van der Waals surface area contributed by atoms with Gasteiger partial charge in [0, 0.05) is 4.90 Å². The van der Waals surface area contributed by atoms with Gasteiger partial charge in [-0.2, -0.15) is 0 Å². The standard InChI is InChI=1S/C14H19NO2S/c1-14(2,3)12(16)8-13-15-10-6-5-9(17-4)7-11(10)18-13/h5-8,12,15-16H,1-4H3/b13-8+. The van der Waals surface area contributed by atoms with E-state index in [0.29, 0.717) is 0 Å². The average Bonchev–Trinajstić information content (AvgIpc) is 2.68. The largest absolute Gasteiger partial charge is 0.497 e. The Hall–Kier alpha value is -1.13. The van der Waals surface area contributed by atoms with Crippen LogP contribution in [-0.2, 0) is 0 Å². The van der Waals surface area contributed by atoms with Gasteiger partial charge >= 0.3 is 0 Å². The molecule has 4 heteroatoms. The van der Waals surface area contributed by atoms with E-state index >= 15 is 0 Å². The molecule has 98 valence electrons. The average molecular weight is 265 g/mol. The summed E-state index contributed by atoms with van der Waals surface area (Å²) in [5, 5.41) is 14.3. The van der Waals surface area contributed by atoms with Gasteiger partial charge < -0.3 is 15.2 Å². The van der Waals surface area contributed by atoms with E-state index < -0.39 is 6.10 Å². The van der Waals surface area contributed by atoms with Crippen LogP contribution in [0.2, 0.25) is 0 Å². The fourth-order valence-electron chi connectivity index (χ4n) is 1.56. The first-order valence-corrected chi connectivity index (χ1v) is 6.74. The third-order valence-electron chi connectivity index (χ3n) is 2.86. The van der Waals surface area contributed by atoms with Gasteiger partial charge in [-0.15, -0.1) is 0 Å². The zero-order valence-electron chi connectivity index (χ0n) is 11.2. The molecule has 1 aromatic rings. The van der Waals surface area contributed by atoms with Gasteiger partial charge in [0.15, 0.2) is 0 Å². The molecule has 1 unspecified atom stereocenters. The molecular weight excluding hydrogens is 246 g/mol. The van der Waals surface area contributed by atoms with Crippen LogP contribution in [0.15, 0.2) is 34.2 Å². The van der Waals surface area contributed by atoms with Crippen LogP contribution in [0.25, 0.3) is 0 Å². The lowest BCUT2D eigenvalue weighted by molar-refractivity contribution is 0.105. The molecule has 0 fully saturated rings. The van der Waals surface area contributed by atoms with Crippen molar-refractivity contribution in [2.24, 2.45) is 5.41 Å². The summed E-state index contributed by atoms with van der Waals surface area (Å²) in [7, 11) is 1.66. The number of benzene rings is 1. The summed E-state index contributed by atoms with van der Waals surface area (Å²) >= 11 is 1.62. The van der Waals surface area contributed by atoms with Crippen molar-refractivity contribution in [2.45, 2.75) is 31.8 Å². The lowest BCUT2D eigenvalue weighted by atomic mass is 9.89. The number of aliphatic hydroxyl groups excluding tert-OH is 1. The number of hydrogen-bond acceptors (Lipinski definition) is 4. The van der Waals surface area contributed by atoms with Crippen molar-refractivity contribution < 1.29 is 9.84 Å². The normalized spacial score (nSPS) is 18.4. The van der Waals surface area contributed by atoms with Gasteiger partial charge in [0.2, 0.25) is 0 Å². The quantitative estimate of drug-likeness (QED) is 0.859. The van der Waals surface area contributed by atoms with Gasteiger partial charge in [0.1, 0.15) is 5.75 Å². The van der Waals surface area contributed by atoms with E-state index in [1.54, 1.807) is 18.9 Å². The third-order valence-corrected chi connectivity index (χ3v) is 3.88. The number of rotatable bonds is 2. The number of fused-ring (bicyclic) bond motifs is 1. The summed E-state index contributed by atoms with van der Waals surface area (Å²) < 4.78 is 5.20. The molecule has 1 aliphatic heterocycles. The van der Waals surface area contributed by atoms with E-state index in [9.17, 15) is 5.11 Å². The van der Waals surface area contributed by atoms with E-state index in [4.69, 9.17) is 4.74 Å². The maximum atomic E-state index is 10.1. The number of nitrogens with one attached hydrogen (secondary N) is 1. The minimum absolute atomic E-state index is 0.151. The van der Waals surface area contributed by atoms with Crippen molar-refractivity contribution >= 4 is 17.4 Å². The molecule has 0 saturated heterocycles. The first-order chi connectivity index (χ1) is 8.40. The molecule has 0 spiro atoms. The highest BCUT2D eigenvalue weighted by Crippen LogP contribution is 2.43. The zero-order valence-corrected chi connectivity index (χ0v) is 12.0. The minimum atomic E-state index is -0.469. The van der Waals surface area contributed by atoms with E-state index in [1.165, 1.54) is 0 Å². The van der Waals surface area contributed by atoms with Crippen molar-refractivity contribution in [3.8, 4) is 5.75 Å². The Kier molecular flexibility index (Phi) is 3.59. The summed E-state index contributed by atoms with van der Waals surface area (Å²) in [6.07, 6.45) is 1.40. The Morgan fingerprint density at radius 2 is 2.11 bits per heavy atom. The zero-order chi connectivity index (χ0) is 13.3. The Morgan fingerprint density at radius 3 is 2.72 bits per heavy atom. The van der Waals surface area contributed by atoms with Crippen LogP contribution in [0.4, 0.5) is 5.69 Å². The molecule has 1 aromatic carbocycles. The molecule has 0 aliphatic carbocycles. The number of aliphatic hydroxyl groups is 1. The van der Waals surface area contributed by atoms with Crippen LogP contribution in [0.1, 0.15) is 20.8 Å². The van der Waals surface area contributed by atoms with Crippen LogP contribution >= 0.6 is 11.8 Å². The molecule has 0 saturated carbocycles. The van der Waals surface area contributed by atoms with Crippen molar-refractivity contribution in [1.82, 2.24) is 0 Å². The number of hydrogen-bond donors (Lipinski definition) is 2. The second kappa shape index (κ2) is 4.86. The Morgan fingerprint density at radius 1 is 1.39 bits per heavy atom. The molecular formula is C14H19NO2S. The van der Waals surface area contributed by atoms with Crippen molar-refractivity contribution in [2.75, 3.05) is 12.4 Å².